The molecule has 0 fully saturated rings. The van der Waals surface area contributed by atoms with Crippen LogP contribution in [0.25, 0.3) is 0 Å². The van der Waals surface area contributed by atoms with Crippen LogP contribution in [0, 0.1) is 5.82 Å². The molecule has 3 rings (SSSR count). The Morgan fingerprint density at radius 2 is 1.59 bits per heavy atom. The highest BCUT2D eigenvalue weighted by Crippen LogP contribution is 2.27. The van der Waals surface area contributed by atoms with Crippen LogP contribution in [0.4, 0.5) is 10.1 Å². The SMILES string of the molecule is O=S([O-])Nc1cccc(CC(Cc2cccc(O)c2)c2ccc(F)cc2)c1. The molecule has 4 nitrogen and oxygen atoms in total. The lowest BCUT2D eigenvalue weighted by molar-refractivity contribution is 0.474. The summed E-state index contributed by atoms with van der Waals surface area (Å²) in [6.07, 6.45) is 1.30. The molecule has 0 aliphatic heterocycles. The summed E-state index contributed by atoms with van der Waals surface area (Å²) in [5.41, 5.74) is 3.40. The van der Waals surface area contributed by atoms with Crippen molar-refractivity contribution in [3.05, 3.63) is 95.3 Å². The lowest BCUT2D eigenvalue weighted by atomic mass is 9.86. The van der Waals surface area contributed by atoms with Crippen molar-refractivity contribution in [2.75, 3.05) is 4.72 Å². The van der Waals surface area contributed by atoms with Gasteiger partial charge >= 0.3 is 0 Å². The molecule has 6 heteroatoms. The lowest BCUT2D eigenvalue weighted by Gasteiger charge is -2.19. The summed E-state index contributed by atoms with van der Waals surface area (Å²) in [5, 5.41) is 9.73. The molecule has 0 bridgehead atoms. The van der Waals surface area contributed by atoms with Gasteiger partial charge in [-0.05, 0) is 71.8 Å². The molecule has 2 unspecified atom stereocenters. The third-order valence-electron chi connectivity index (χ3n) is 4.34. The zero-order valence-corrected chi connectivity index (χ0v) is 15.3. The van der Waals surface area contributed by atoms with Gasteiger partial charge in [-0.25, -0.2) is 4.39 Å². The molecule has 2 N–H and O–H groups in total. The van der Waals surface area contributed by atoms with Crippen molar-refractivity contribution in [1.82, 2.24) is 0 Å². The molecule has 2 atom stereocenters. The first-order valence-corrected chi connectivity index (χ1v) is 9.55. The molecular formula is C21H19FNO3S-. The average molecular weight is 384 g/mol. The minimum absolute atomic E-state index is 0.0420. The van der Waals surface area contributed by atoms with Crippen LogP contribution in [0.1, 0.15) is 22.6 Å². The van der Waals surface area contributed by atoms with E-state index in [4.69, 9.17) is 0 Å². The van der Waals surface area contributed by atoms with E-state index in [1.54, 1.807) is 48.5 Å². The van der Waals surface area contributed by atoms with E-state index < -0.39 is 11.3 Å². The fraction of sp³-hybridized carbons (Fsp3) is 0.143. The van der Waals surface area contributed by atoms with E-state index >= 15 is 0 Å². The summed E-state index contributed by atoms with van der Waals surface area (Å²) in [5.74, 6) is -0.0474. The molecule has 0 heterocycles. The molecule has 3 aromatic carbocycles. The van der Waals surface area contributed by atoms with Crippen LogP contribution in [-0.2, 0) is 24.1 Å². The van der Waals surface area contributed by atoms with Crippen molar-refractivity contribution in [1.29, 1.82) is 0 Å². The topological polar surface area (TPSA) is 72.4 Å². The molecule has 140 valence electrons. The number of halogens is 1. The second-order valence-electron chi connectivity index (χ2n) is 6.36. The van der Waals surface area contributed by atoms with Gasteiger partial charge in [-0.2, -0.15) is 0 Å². The highest BCUT2D eigenvalue weighted by Gasteiger charge is 2.14. The number of hydrogen-bond donors (Lipinski definition) is 2. The van der Waals surface area contributed by atoms with Crippen molar-refractivity contribution < 1.29 is 18.3 Å². The van der Waals surface area contributed by atoms with Crippen molar-refractivity contribution in [2.45, 2.75) is 18.8 Å². The van der Waals surface area contributed by atoms with Gasteiger partial charge in [0, 0.05) is 17.0 Å². The summed E-state index contributed by atoms with van der Waals surface area (Å²) < 4.78 is 37.4. The largest absolute Gasteiger partial charge is 0.755 e. The van der Waals surface area contributed by atoms with Crippen molar-refractivity contribution in [2.24, 2.45) is 0 Å². The van der Waals surface area contributed by atoms with Crippen LogP contribution in [0.15, 0.2) is 72.8 Å². The van der Waals surface area contributed by atoms with E-state index in [0.717, 1.165) is 16.7 Å². The number of rotatable bonds is 7. The minimum atomic E-state index is -2.38. The number of aromatic hydroxyl groups is 1. The number of phenolic OH excluding ortho intramolecular Hbond substituents is 1. The fourth-order valence-electron chi connectivity index (χ4n) is 3.15. The van der Waals surface area contributed by atoms with Crippen molar-refractivity contribution in [3.63, 3.8) is 0 Å². The number of benzene rings is 3. The monoisotopic (exact) mass is 384 g/mol. The van der Waals surface area contributed by atoms with Gasteiger partial charge in [0.15, 0.2) is 0 Å². The Kier molecular flexibility index (Phi) is 6.21. The van der Waals surface area contributed by atoms with E-state index in [0.29, 0.717) is 18.5 Å². The predicted molar refractivity (Wildman–Crippen MR) is 104 cm³/mol. The Labute approximate surface area is 160 Å². The molecule has 0 aromatic heterocycles. The van der Waals surface area contributed by atoms with Crippen LogP contribution >= 0.6 is 0 Å². The Morgan fingerprint density at radius 1 is 0.963 bits per heavy atom. The maximum Gasteiger partial charge on any atom is 0.123 e. The standard InChI is InChI=1S/C21H20FNO3S/c22-19-9-7-17(8-10-19)18(12-16-4-2-6-21(24)14-16)11-15-3-1-5-20(13-15)23-27(25)26/h1-10,13-14,18,23-24H,11-12H2,(H,25,26)/p-1. The Morgan fingerprint density at radius 3 is 2.22 bits per heavy atom. The van der Waals surface area contributed by atoms with Crippen LogP contribution < -0.4 is 4.72 Å². The summed E-state index contributed by atoms with van der Waals surface area (Å²) >= 11 is -2.38. The Hall–Kier alpha value is -2.70. The lowest BCUT2D eigenvalue weighted by Crippen LogP contribution is -2.08. The second-order valence-corrected chi connectivity index (χ2v) is 7.04. The number of phenols is 1. The smallest absolute Gasteiger partial charge is 0.123 e. The highest BCUT2D eigenvalue weighted by atomic mass is 32.2. The van der Waals surface area contributed by atoms with E-state index in [-0.39, 0.29) is 17.5 Å². The average Bonchev–Trinajstić information content (AvgIpc) is 2.62. The number of hydrogen-bond acceptors (Lipinski definition) is 3. The molecule has 0 saturated heterocycles. The number of anilines is 1. The Bertz CT molecular complexity index is 931. The molecule has 0 spiro atoms. The first-order chi connectivity index (χ1) is 13.0. The molecule has 0 aliphatic rings. The molecule has 27 heavy (non-hydrogen) atoms. The molecule has 0 saturated carbocycles. The third kappa shape index (κ3) is 5.64. The highest BCUT2D eigenvalue weighted by molar-refractivity contribution is 7.80. The summed E-state index contributed by atoms with van der Waals surface area (Å²) in [6, 6.07) is 20.6. The van der Waals surface area contributed by atoms with E-state index in [1.807, 2.05) is 12.1 Å². The summed E-state index contributed by atoms with van der Waals surface area (Å²) in [4.78, 5) is 0. The summed E-state index contributed by atoms with van der Waals surface area (Å²) in [6.45, 7) is 0. The molecule has 0 radical (unpaired) electrons. The van der Waals surface area contributed by atoms with Crippen LogP contribution in [-0.4, -0.2) is 13.9 Å². The van der Waals surface area contributed by atoms with Gasteiger partial charge in [0.25, 0.3) is 0 Å². The zero-order valence-electron chi connectivity index (χ0n) is 14.5. The van der Waals surface area contributed by atoms with E-state index in [9.17, 15) is 18.3 Å². The molecule has 0 amide bonds. The fourth-order valence-corrected chi connectivity index (χ4v) is 3.47. The molecular weight excluding hydrogens is 365 g/mol. The second kappa shape index (κ2) is 8.79. The van der Waals surface area contributed by atoms with E-state index in [1.165, 1.54) is 12.1 Å². The van der Waals surface area contributed by atoms with Gasteiger partial charge < -0.3 is 14.4 Å². The molecule has 3 aromatic rings. The minimum Gasteiger partial charge on any atom is -0.755 e. The first-order valence-electron chi connectivity index (χ1n) is 8.48. The van der Waals surface area contributed by atoms with E-state index in [2.05, 4.69) is 4.72 Å². The van der Waals surface area contributed by atoms with Gasteiger partial charge in [-0.1, -0.05) is 36.4 Å². The number of nitrogens with one attached hydrogen (secondary N) is 1. The third-order valence-corrected chi connectivity index (χ3v) is 4.75. The van der Waals surface area contributed by atoms with Crippen LogP contribution in [0.3, 0.4) is 0 Å². The Balaban J connectivity index is 1.87. The quantitative estimate of drug-likeness (QED) is 0.597. The maximum absolute atomic E-state index is 13.3. The van der Waals surface area contributed by atoms with Crippen LogP contribution in [0.5, 0.6) is 5.75 Å². The van der Waals surface area contributed by atoms with Gasteiger partial charge in [-0.15, -0.1) is 0 Å². The van der Waals surface area contributed by atoms with Gasteiger partial charge in [-0.3, -0.25) is 4.21 Å². The predicted octanol–water partition coefficient (Wildman–Crippen LogP) is 4.31. The van der Waals surface area contributed by atoms with Gasteiger partial charge in [0.2, 0.25) is 0 Å². The normalized spacial score (nSPS) is 13.1. The van der Waals surface area contributed by atoms with Gasteiger partial charge in [0.1, 0.15) is 11.6 Å². The van der Waals surface area contributed by atoms with Crippen molar-refractivity contribution in [3.8, 4) is 5.75 Å². The summed E-state index contributed by atoms with van der Waals surface area (Å²) in [7, 11) is 0. The van der Waals surface area contributed by atoms with Crippen molar-refractivity contribution >= 4 is 17.0 Å². The van der Waals surface area contributed by atoms with Crippen LogP contribution in [0.2, 0.25) is 0 Å². The van der Waals surface area contributed by atoms with Gasteiger partial charge in [0.05, 0.1) is 0 Å². The maximum atomic E-state index is 13.3. The zero-order chi connectivity index (χ0) is 19.2. The molecule has 0 aliphatic carbocycles. The first kappa shape index (κ1) is 19.1.